The van der Waals surface area contributed by atoms with E-state index in [1.54, 1.807) is 4.90 Å². The lowest BCUT2D eigenvalue weighted by Gasteiger charge is -2.39. The number of likely N-dealkylation sites (tertiary alicyclic amines) is 1. The fourth-order valence-electron chi connectivity index (χ4n) is 2.33. The maximum Gasteiger partial charge on any atom is 0.308 e. The monoisotopic (exact) mass is 241 g/mol. The summed E-state index contributed by atoms with van der Waals surface area (Å²) in [6.45, 7) is 8.51. The van der Waals surface area contributed by atoms with Crippen molar-refractivity contribution in [2.45, 2.75) is 46.6 Å². The molecule has 0 aromatic rings. The van der Waals surface area contributed by atoms with Crippen LogP contribution in [-0.4, -0.2) is 34.5 Å². The predicted octanol–water partition coefficient (Wildman–Crippen LogP) is 1.99. The van der Waals surface area contributed by atoms with Gasteiger partial charge >= 0.3 is 5.97 Å². The van der Waals surface area contributed by atoms with E-state index in [2.05, 4.69) is 0 Å². The summed E-state index contributed by atoms with van der Waals surface area (Å²) in [5.41, 5.74) is 0. The maximum atomic E-state index is 12.3. The van der Waals surface area contributed by atoms with E-state index in [0.29, 0.717) is 18.9 Å². The molecule has 1 fully saturated rings. The van der Waals surface area contributed by atoms with Gasteiger partial charge in [-0.25, -0.2) is 0 Å². The first-order valence-corrected chi connectivity index (χ1v) is 6.39. The van der Waals surface area contributed by atoms with Gasteiger partial charge in [0.05, 0.1) is 5.92 Å². The van der Waals surface area contributed by atoms with Crippen molar-refractivity contribution in [2.24, 2.45) is 17.8 Å². The molecule has 0 aromatic carbocycles. The highest BCUT2D eigenvalue weighted by atomic mass is 16.4. The Morgan fingerprint density at radius 3 is 2.35 bits per heavy atom. The van der Waals surface area contributed by atoms with Crippen molar-refractivity contribution in [1.82, 2.24) is 4.90 Å². The number of amides is 1. The molecule has 0 aromatic heterocycles. The van der Waals surface area contributed by atoms with E-state index in [1.807, 2.05) is 27.7 Å². The molecular weight excluding hydrogens is 218 g/mol. The summed E-state index contributed by atoms with van der Waals surface area (Å²) in [5, 5.41) is 9.12. The summed E-state index contributed by atoms with van der Waals surface area (Å²) < 4.78 is 0. The molecule has 1 amide bonds. The normalized spacial score (nSPS) is 27.0. The van der Waals surface area contributed by atoms with Gasteiger partial charge in [0.1, 0.15) is 0 Å². The van der Waals surface area contributed by atoms with Gasteiger partial charge in [0.15, 0.2) is 0 Å². The van der Waals surface area contributed by atoms with Crippen LogP contribution >= 0.6 is 0 Å². The van der Waals surface area contributed by atoms with Gasteiger partial charge in [-0.2, -0.15) is 0 Å². The summed E-state index contributed by atoms with van der Waals surface area (Å²) in [6.07, 6.45) is 1.47. The van der Waals surface area contributed by atoms with Crippen LogP contribution in [0.2, 0.25) is 0 Å². The van der Waals surface area contributed by atoms with Crippen LogP contribution in [0.1, 0.15) is 40.5 Å². The van der Waals surface area contributed by atoms with Crippen LogP contribution in [0.4, 0.5) is 0 Å². The number of carbonyl (C=O) groups is 2. The van der Waals surface area contributed by atoms with Gasteiger partial charge < -0.3 is 10.0 Å². The number of hydrogen-bond acceptors (Lipinski definition) is 2. The van der Waals surface area contributed by atoms with E-state index < -0.39 is 11.9 Å². The highest BCUT2D eigenvalue weighted by Crippen LogP contribution is 2.26. The number of carboxylic acid groups (broad SMARTS) is 1. The largest absolute Gasteiger partial charge is 0.481 e. The van der Waals surface area contributed by atoms with Crippen molar-refractivity contribution >= 4 is 11.9 Å². The summed E-state index contributed by atoms with van der Waals surface area (Å²) in [7, 11) is 0. The van der Waals surface area contributed by atoms with Crippen LogP contribution in [0.3, 0.4) is 0 Å². The first-order chi connectivity index (χ1) is 7.86. The van der Waals surface area contributed by atoms with E-state index in [9.17, 15) is 9.59 Å². The molecule has 1 saturated heterocycles. The minimum Gasteiger partial charge on any atom is -0.481 e. The number of carboxylic acids is 1. The third kappa shape index (κ3) is 2.99. The molecule has 1 heterocycles. The van der Waals surface area contributed by atoms with E-state index in [-0.39, 0.29) is 17.9 Å². The number of nitrogens with zero attached hydrogens (tertiary/aromatic N) is 1. The standard InChI is InChI=1S/C13H23NO3/c1-8(2)9(3)12(15)14-7-5-6-11(10(14)4)13(16)17/h8-11H,5-7H2,1-4H3,(H,16,17)/t9?,10-,11-/m0/s1. The molecule has 1 aliphatic rings. The fourth-order valence-corrected chi connectivity index (χ4v) is 2.33. The molecule has 1 N–H and O–H groups in total. The zero-order valence-electron chi connectivity index (χ0n) is 11.1. The summed E-state index contributed by atoms with van der Waals surface area (Å²) in [6, 6.07) is -0.185. The Morgan fingerprint density at radius 2 is 1.88 bits per heavy atom. The SMILES string of the molecule is CC(C)C(C)C(=O)N1CCC[C@H](C(=O)O)[C@@H]1C. The minimum absolute atomic E-state index is 0.0370. The second-order valence-electron chi connectivity index (χ2n) is 5.39. The first-order valence-electron chi connectivity index (χ1n) is 6.39. The van der Waals surface area contributed by atoms with Gasteiger partial charge in [0.2, 0.25) is 5.91 Å². The molecule has 0 radical (unpaired) electrons. The molecule has 0 bridgehead atoms. The van der Waals surface area contributed by atoms with Crippen molar-refractivity contribution in [3.8, 4) is 0 Å². The average Bonchev–Trinajstić information content (AvgIpc) is 2.26. The van der Waals surface area contributed by atoms with Crippen molar-refractivity contribution in [3.05, 3.63) is 0 Å². The Bertz CT molecular complexity index is 301. The highest BCUT2D eigenvalue weighted by Gasteiger charge is 2.36. The number of hydrogen-bond donors (Lipinski definition) is 1. The lowest BCUT2D eigenvalue weighted by Crippen LogP contribution is -2.51. The molecule has 0 spiro atoms. The second-order valence-corrected chi connectivity index (χ2v) is 5.39. The van der Waals surface area contributed by atoms with Crippen LogP contribution in [-0.2, 0) is 9.59 Å². The Hall–Kier alpha value is -1.06. The van der Waals surface area contributed by atoms with Crippen molar-refractivity contribution in [1.29, 1.82) is 0 Å². The van der Waals surface area contributed by atoms with Crippen LogP contribution in [0.25, 0.3) is 0 Å². The molecule has 0 aliphatic carbocycles. The maximum absolute atomic E-state index is 12.3. The van der Waals surface area contributed by atoms with Crippen molar-refractivity contribution < 1.29 is 14.7 Å². The lowest BCUT2D eigenvalue weighted by atomic mass is 9.88. The van der Waals surface area contributed by atoms with Gasteiger partial charge in [-0.15, -0.1) is 0 Å². The van der Waals surface area contributed by atoms with Gasteiger partial charge in [-0.1, -0.05) is 20.8 Å². The molecular formula is C13H23NO3. The third-order valence-electron chi connectivity index (χ3n) is 3.98. The molecule has 1 unspecified atom stereocenters. The topological polar surface area (TPSA) is 57.6 Å². The first kappa shape index (κ1) is 14.0. The Kier molecular flexibility index (Phi) is 4.54. The van der Waals surface area contributed by atoms with Gasteiger partial charge in [-0.3, -0.25) is 9.59 Å². The van der Waals surface area contributed by atoms with Crippen LogP contribution < -0.4 is 0 Å². The van der Waals surface area contributed by atoms with Crippen LogP contribution in [0, 0.1) is 17.8 Å². The highest BCUT2D eigenvalue weighted by molar-refractivity contribution is 5.80. The molecule has 1 rings (SSSR count). The third-order valence-corrected chi connectivity index (χ3v) is 3.98. The van der Waals surface area contributed by atoms with Gasteiger partial charge in [0, 0.05) is 18.5 Å². The van der Waals surface area contributed by atoms with Crippen LogP contribution in [0.5, 0.6) is 0 Å². The second kappa shape index (κ2) is 5.52. The zero-order valence-corrected chi connectivity index (χ0v) is 11.1. The zero-order chi connectivity index (χ0) is 13.2. The van der Waals surface area contributed by atoms with E-state index in [1.165, 1.54) is 0 Å². The van der Waals surface area contributed by atoms with E-state index >= 15 is 0 Å². The average molecular weight is 241 g/mol. The fraction of sp³-hybridized carbons (Fsp3) is 0.846. The lowest BCUT2D eigenvalue weighted by molar-refractivity contribution is -0.150. The quantitative estimate of drug-likeness (QED) is 0.822. The van der Waals surface area contributed by atoms with Crippen molar-refractivity contribution in [3.63, 3.8) is 0 Å². The number of rotatable bonds is 3. The van der Waals surface area contributed by atoms with Crippen molar-refractivity contribution in [2.75, 3.05) is 6.54 Å². The summed E-state index contributed by atoms with van der Waals surface area (Å²) in [5.74, 6) is -0.845. The Balaban J connectivity index is 2.76. The summed E-state index contributed by atoms with van der Waals surface area (Å²) in [4.78, 5) is 25.1. The minimum atomic E-state index is -0.785. The van der Waals surface area contributed by atoms with Gasteiger partial charge in [0.25, 0.3) is 0 Å². The summed E-state index contributed by atoms with van der Waals surface area (Å²) >= 11 is 0. The molecule has 1 aliphatic heterocycles. The number of aliphatic carboxylic acids is 1. The van der Waals surface area contributed by atoms with Gasteiger partial charge in [-0.05, 0) is 25.7 Å². The number of piperidine rings is 1. The Labute approximate surface area is 103 Å². The smallest absolute Gasteiger partial charge is 0.308 e. The van der Waals surface area contributed by atoms with E-state index in [4.69, 9.17) is 5.11 Å². The molecule has 4 heteroatoms. The molecule has 17 heavy (non-hydrogen) atoms. The molecule has 4 nitrogen and oxygen atoms in total. The molecule has 98 valence electrons. The molecule has 3 atom stereocenters. The Morgan fingerprint density at radius 1 is 1.29 bits per heavy atom. The van der Waals surface area contributed by atoms with E-state index in [0.717, 1.165) is 6.42 Å². The predicted molar refractivity (Wildman–Crippen MR) is 65.5 cm³/mol. The number of carbonyl (C=O) groups excluding carboxylic acids is 1. The van der Waals surface area contributed by atoms with Crippen LogP contribution in [0.15, 0.2) is 0 Å². The molecule has 0 saturated carbocycles.